The summed E-state index contributed by atoms with van der Waals surface area (Å²) in [6.07, 6.45) is 0.582. The van der Waals surface area contributed by atoms with E-state index in [1.54, 1.807) is 18.2 Å². The van der Waals surface area contributed by atoms with Crippen LogP contribution in [0.5, 0.6) is 5.75 Å². The molecule has 33 heavy (non-hydrogen) atoms. The highest BCUT2D eigenvalue weighted by molar-refractivity contribution is 6.42. The molecular formula is C25H23Cl2N3O3. The monoisotopic (exact) mass is 483 g/mol. The molecule has 0 radical (unpaired) electrons. The van der Waals surface area contributed by atoms with Gasteiger partial charge in [0, 0.05) is 42.7 Å². The second-order valence-corrected chi connectivity index (χ2v) is 8.99. The first kappa shape index (κ1) is 22.2. The van der Waals surface area contributed by atoms with Crippen LogP contribution >= 0.6 is 23.2 Å². The molecule has 2 aliphatic rings. The number of ether oxygens (including phenoxy) is 2. The number of hydrogen-bond acceptors (Lipinski definition) is 5. The Morgan fingerprint density at radius 1 is 1.09 bits per heavy atom. The van der Waals surface area contributed by atoms with Gasteiger partial charge in [0.05, 0.1) is 34.6 Å². The molecule has 1 aliphatic carbocycles. The number of carbonyl (C=O) groups is 1. The first-order chi connectivity index (χ1) is 16.0. The van der Waals surface area contributed by atoms with E-state index in [1.165, 1.54) is 0 Å². The van der Waals surface area contributed by atoms with E-state index >= 15 is 0 Å². The van der Waals surface area contributed by atoms with Crippen LogP contribution in [0.3, 0.4) is 0 Å². The van der Waals surface area contributed by atoms with Gasteiger partial charge in [0.25, 0.3) is 0 Å². The van der Waals surface area contributed by atoms with E-state index in [0.717, 1.165) is 66.5 Å². The van der Waals surface area contributed by atoms with Crippen molar-refractivity contribution in [2.45, 2.75) is 6.42 Å². The van der Waals surface area contributed by atoms with Gasteiger partial charge in [0.1, 0.15) is 12.4 Å². The van der Waals surface area contributed by atoms with Crippen LogP contribution in [0.2, 0.25) is 10.0 Å². The predicted molar refractivity (Wildman–Crippen MR) is 129 cm³/mol. The van der Waals surface area contributed by atoms with E-state index in [9.17, 15) is 4.79 Å². The molecule has 1 aromatic heterocycles. The Morgan fingerprint density at radius 3 is 2.67 bits per heavy atom. The summed E-state index contributed by atoms with van der Waals surface area (Å²) < 4.78 is 11.4. The number of nitrogens with zero attached hydrogens (tertiary/aromatic N) is 2. The Hall–Kier alpha value is -2.64. The summed E-state index contributed by atoms with van der Waals surface area (Å²) in [5, 5.41) is 0.888. The molecule has 1 fully saturated rings. The molecule has 0 saturated carbocycles. The van der Waals surface area contributed by atoms with Crippen LogP contribution in [0.4, 0.5) is 0 Å². The largest absolute Gasteiger partial charge is 0.492 e. The highest BCUT2D eigenvalue weighted by Crippen LogP contribution is 2.40. The lowest BCUT2D eigenvalue weighted by Gasteiger charge is -2.26. The number of nitrogens with two attached hydrogens (primary N) is 1. The maximum Gasteiger partial charge on any atom is 0.249 e. The molecule has 3 aromatic rings. The molecule has 1 aliphatic heterocycles. The van der Waals surface area contributed by atoms with Gasteiger partial charge in [-0.3, -0.25) is 9.69 Å². The lowest BCUT2D eigenvalue weighted by Crippen LogP contribution is -2.38. The van der Waals surface area contributed by atoms with Crippen molar-refractivity contribution in [2.75, 3.05) is 39.5 Å². The Balaban J connectivity index is 1.41. The quantitative estimate of drug-likeness (QED) is 0.438. The number of pyridine rings is 1. The summed E-state index contributed by atoms with van der Waals surface area (Å²) in [4.78, 5) is 19.5. The van der Waals surface area contributed by atoms with Crippen molar-refractivity contribution in [1.29, 1.82) is 0 Å². The standard InChI is InChI=1S/C25H23Cl2N3O3/c26-21-4-1-15(13-22(21)27)23-14-20(25(28)31)19-12-16-11-17(2-3-18(16)24(19)29-23)33-10-7-30-5-8-32-9-6-30/h1-4,11,13-14H,5-10,12H2,(H2,28,31). The third kappa shape index (κ3) is 4.57. The van der Waals surface area contributed by atoms with Gasteiger partial charge in [0.15, 0.2) is 0 Å². The Bertz CT molecular complexity index is 1230. The van der Waals surface area contributed by atoms with E-state index in [1.807, 2.05) is 24.3 Å². The molecule has 2 aromatic carbocycles. The lowest BCUT2D eigenvalue weighted by molar-refractivity contribution is 0.0322. The van der Waals surface area contributed by atoms with Crippen LogP contribution < -0.4 is 10.5 Å². The van der Waals surface area contributed by atoms with Crippen molar-refractivity contribution in [1.82, 2.24) is 9.88 Å². The molecular weight excluding hydrogens is 461 g/mol. The zero-order chi connectivity index (χ0) is 22.9. The van der Waals surface area contributed by atoms with Crippen LogP contribution in [-0.2, 0) is 11.2 Å². The number of morpholine rings is 1. The number of aromatic nitrogens is 1. The second-order valence-electron chi connectivity index (χ2n) is 8.17. The van der Waals surface area contributed by atoms with E-state index < -0.39 is 5.91 Å². The summed E-state index contributed by atoms with van der Waals surface area (Å²) in [7, 11) is 0. The van der Waals surface area contributed by atoms with Crippen LogP contribution in [-0.4, -0.2) is 55.2 Å². The van der Waals surface area contributed by atoms with Crippen molar-refractivity contribution < 1.29 is 14.3 Å². The van der Waals surface area contributed by atoms with Crippen LogP contribution in [0, 0.1) is 0 Å². The second kappa shape index (κ2) is 9.31. The normalized spacial score (nSPS) is 15.2. The highest BCUT2D eigenvalue weighted by Gasteiger charge is 2.26. The van der Waals surface area contributed by atoms with Gasteiger partial charge in [-0.15, -0.1) is 0 Å². The molecule has 0 atom stereocenters. The van der Waals surface area contributed by atoms with Crippen LogP contribution in [0.25, 0.3) is 22.5 Å². The zero-order valence-corrected chi connectivity index (χ0v) is 19.5. The molecule has 0 bridgehead atoms. The lowest BCUT2D eigenvalue weighted by atomic mass is 10.0. The average Bonchev–Trinajstić information content (AvgIpc) is 3.18. The van der Waals surface area contributed by atoms with Crippen molar-refractivity contribution in [3.8, 4) is 28.3 Å². The minimum atomic E-state index is -0.482. The van der Waals surface area contributed by atoms with Gasteiger partial charge >= 0.3 is 0 Å². The number of rotatable bonds is 6. The SMILES string of the molecule is NC(=O)c1cc(-c2ccc(Cl)c(Cl)c2)nc2c1Cc1cc(OCCN3CCOCC3)ccc1-2. The third-order valence-electron chi connectivity index (χ3n) is 6.08. The molecule has 170 valence electrons. The minimum Gasteiger partial charge on any atom is -0.492 e. The van der Waals surface area contributed by atoms with Crippen LogP contribution in [0.15, 0.2) is 42.5 Å². The third-order valence-corrected chi connectivity index (χ3v) is 6.82. The zero-order valence-electron chi connectivity index (χ0n) is 17.9. The van der Waals surface area contributed by atoms with Crippen molar-refractivity contribution >= 4 is 29.1 Å². The first-order valence-corrected chi connectivity index (χ1v) is 11.6. The fourth-order valence-corrected chi connectivity index (χ4v) is 4.64. The number of amides is 1. The van der Waals surface area contributed by atoms with Crippen molar-refractivity contribution in [3.63, 3.8) is 0 Å². The minimum absolute atomic E-state index is 0.427. The summed E-state index contributed by atoms with van der Waals surface area (Å²) in [5.74, 6) is 0.324. The number of fused-ring (bicyclic) bond motifs is 3. The summed E-state index contributed by atoms with van der Waals surface area (Å²) in [5.41, 5.74) is 11.2. The molecule has 1 amide bonds. The summed E-state index contributed by atoms with van der Waals surface area (Å²) in [6, 6.07) is 13.0. The molecule has 6 nitrogen and oxygen atoms in total. The van der Waals surface area contributed by atoms with Crippen LogP contribution in [0.1, 0.15) is 21.5 Å². The topological polar surface area (TPSA) is 77.7 Å². The maximum absolute atomic E-state index is 12.3. The number of carbonyl (C=O) groups excluding carboxylic acids is 1. The predicted octanol–water partition coefficient (Wildman–Crippen LogP) is 4.44. The number of halogens is 2. The average molecular weight is 484 g/mol. The summed E-state index contributed by atoms with van der Waals surface area (Å²) >= 11 is 12.3. The Kier molecular flexibility index (Phi) is 6.25. The van der Waals surface area contributed by atoms with Gasteiger partial charge in [-0.2, -0.15) is 0 Å². The van der Waals surface area contributed by atoms with Gasteiger partial charge in [-0.05, 0) is 47.5 Å². The molecule has 0 unspecified atom stereocenters. The number of hydrogen-bond donors (Lipinski definition) is 1. The maximum atomic E-state index is 12.3. The molecule has 0 spiro atoms. The molecule has 1 saturated heterocycles. The molecule has 5 rings (SSSR count). The van der Waals surface area contributed by atoms with E-state index in [0.29, 0.717) is 34.3 Å². The van der Waals surface area contributed by atoms with Gasteiger partial charge in [-0.1, -0.05) is 29.3 Å². The molecule has 2 N–H and O–H groups in total. The van der Waals surface area contributed by atoms with Crippen molar-refractivity contribution in [3.05, 3.63) is 69.2 Å². The smallest absolute Gasteiger partial charge is 0.249 e. The molecule has 8 heteroatoms. The fourth-order valence-electron chi connectivity index (χ4n) is 4.34. The van der Waals surface area contributed by atoms with Crippen molar-refractivity contribution in [2.24, 2.45) is 5.73 Å². The highest BCUT2D eigenvalue weighted by atomic mass is 35.5. The van der Waals surface area contributed by atoms with E-state index in [4.69, 9.17) is 43.4 Å². The fraction of sp³-hybridized carbons (Fsp3) is 0.280. The Morgan fingerprint density at radius 2 is 1.91 bits per heavy atom. The van der Waals surface area contributed by atoms with Gasteiger partial charge < -0.3 is 15.2 Å². The Labute approximate surface area is 202 Å². The molecule has 2 heterocycles. The van der Waals surface area contributed by atoms with E-state index in [2.05, 4.69) is 4.90 Å². The first-order valence-electron chi connectivity index (χ1n) is 10.8. The number of benzene rings is 2. The summed E-state index contributed by atoms with van der Waals surface area (Å²) in [6.45, 7) is 4.89. The van der Waals surface area contributed by atoms with Gasteiger partial charge in [0.2, 0.25) is 5.91 Å². The number of primary amides is 1. The van der Waals surface area contributed by atoms with E-state index in [-0.39, 0.29) is 0 Å². The van der Waals surface area contributed by atoms with Gasteiger partial charge in [-0.25, -0.2) is 4.98 Å².